The molecular weight excluding hydrogens is 1030 g/mol. The number of nitrogens with zero attached hydrogens (tertiary/aromatic N) is 1. The van der Waals surface area contributed by atoms with Crippen molar-refractivity contribution in [1.82, 2.24) is 0 Å². The third-order valence-electron chi connectivity index (χ3n) is 16.1. The van der Waals surface area contributed by atoms with Crippen LogP contribution in [0.2, 0.25) is 0 Å². The topological polar surface area (TPSA) is 111 Å². The van der Waals surface area contributed by atoms with Gasteiger partial charge in [0.2, 0.25) is 0 Å². The lowest BCUT2D eigenvalue weighted by Gasteiger charge is -2.26. The molecule has 0 N–H and O–H groups in total. The summed E-state index contributed by atoms with van der Waals surface area (Å²) in [5.74, 6) is -2.29. The molecule has 0 aromatic carbocycles. The molecule has 2 unspecified atom stereocenters. The first-order valence-electron chi connectivity index (χ1n) is 35.8. The molecule has 0 aromatic heterocycles. The van der Waals surface area contributed by atoms with E-state index in [1.54, 1.807) is 0 Å². The summed E-state index contributed by atoms with van der Waals surface area (Å²) in [5.41, 5.74) is 0. The van der Waals surface area contributed by atoms with Crippen LogP contribution >= 0.6 is 0 Å². The molecular formula is C74H137NO8. The van der Waals surface area contributed by atoms with Crippen molar-refractivity contribution in [1.29, 1.82) is 0 Å². The smallest absolute Gasteiger partial charge is 0.306 e. The number of allylic oxidation sites excluding steroid dienone is 8. The maximum atomic E-state index is 12.9. The maximum Gasteiger partial charge on any atom is 0.306 e. The average Bonchev–Trinajstić information content (AvgIpc) is 3.46. The zero-order valence-corrected chi connectivity index (χ0v) is 55.6. The average molecular weight is 1170 g/mol. The first kappa shape index (κ1) is 80.2. The lowest BCUT2D eigenvalue weighted by molar-refractivity contribution is -0.870. The summed E-state index contributed by atoms with van der Waals surface area (Å²) < 4.78 is 22.8. The highest BCUT2D eigenvalue weighted by Gasteiger charge is 2.22. The third-order valence-corrected chi connectivity index (χ3v) is 16.1. The molecule has 0 radical (unpaired) electrons. The van der Waals surface area contributed by atoms with Gasteiger partial charge >= 0.3 is 11.9 Å². The Labute approximate surface area is 514 Å². The summed E-state index contributed by atoms with van der Waals surface area (Å²) >= 11 is 0. The number of rotatable bonds is 67. The fraction of sp³-hybridized carbons (Fsp3) is 0.851. The monoisotopic (exact) mass is 1170 g/mol. The maximum absolute atomic E-state index is 12.9. The molecule has 0 bridgehead atoms. The Hall–Kier alpha value is -2.75. The van der Waals surface area contributed by atoms with Gasteiger partial charge in [0.25, 0.3) is 0 Å². The van der Waals surface area contributed by atoms with Crippen LogP contribution in [0, 0.1) is 0 Å². The molecule has 0 aliphatic carbocycles. The van der Waals surface area contributed by atoms with E-state index in [4.69, 9.17) is 18.9 Å². The van der Waals surface area contributed by atoms with Gasteiger partial charge in [-0.05, 0) is 51.4 Å². The molecule has 0 spiro atoms. The van der Waals surface area contributed by atoms with E-state index in [1.807, 2.05) is 21.1 Å². The van der Waals surface area contributed by atoms with Gasteiger partial charge in [0, 0.05) is 12.8 Å². The van der Waals surface area contributed by atoms with Crippen LogP contribution in [0.4, 0.5) is 0 Å². The van der Waals surface area contributed by atoms with Crippen LogP contribution in [0.1, 0.15) is 348 Å². The molecule has 0 heterocycles. The number of ether oxygens (including phenoxy) is 4. The van der Waals surface area contributed by atoms with Crippen molar-refractivity contribution in [3.05, 3.63) is 48.6 Å². The van der Waals surface area contributed by atoms with Gasteiger partial charge in [-0.1, -0.05) is 332 Å². The Bertz CT molecular complexity index is 1500. The molecule has 0 saturated carbocycles. The van der Waals surface area contributed by atoms with Crippen LogP contribution in [0.25, 0.3) is 0 Å². The molecule has 83 heavy (non-hydrogen) atoms. The number of unbranched alkanes of at least 4 members (excludes halogenated alkanes) is 44. The SMILES string of the molecule is CC/C=C\C/C=C\C/C=C\C/C=C\CCCCCCCCC(=O)OC(COC(=O)CCCCCCCCCCCCCCCCCCCCCCCCCCCCCCCCCCCCCCCCC)COC(OCC[N+](C)(C)C)C(=O)[O-]. The van der Waals surface area contributed by atoms with E-state index in [9.17, 15) is 19.5 Å². The molecule has 9 heteroatoms. The fourth-order valence-corrected chi connectivity index (χ4v) is 10.7. The number of hydrogen-bond acceptors (Lipinski definition) is 8. The van der Waals surface area contributed by atoms with Crippen molar-refractivity contribution in [2.24, 2.45) is 0 Å². The van der Waals surface area contributed by atoms with E-state index in [0.717, 1.165) is 83.5 Å². The van der Waals surface area contributed by atoms with Gasteiger partial charge in [-0.25, -0.2) is 0 Å². The molecule has 0 rings (SSSR count). The van der Waals surface area contributed by atoms with Crippen LogP contribution in [-0.4, -0.2) is 82.3 Å². The molecule has 0 aromatic rings. The minimum Gasteiger partial charge on any atom is -0.545 e. The second-order valence-electron chi connectivity index (χ2n) is 25.5. The zero-order chi connectivity index (χ0) is 60.5. The summed E-state index contributed by atoms with van der Waals surface area (Å²) in [5, 5.41) is 11.8. The van der Waals surface area contributed by atoms with Crippen molar-refractivity contribution in [3.63, 3.8) is 0 Å². The Balaban J connectivity index is 3.94. The Morgan fingerprint density at radius 3 is 1.02 bits per heavy atom. The third kappa shape index (κ3) is 66.6. The number of quaternary nitrogens is 1. The summed E-state index contributed by atoms with van der Waals surface area (Å²) in [4.78, 5) is 37.4. The summed E-state index contributed by atoms with van der Waals surface area (Å²) in [6.45, 7) is 4.67. The molecule has 2 atom stereocenters. The molecule has 0 amide bonds. The molecule has 0 saturated heterocycles. The number of likely N-dealkylation sites (N-methyl/N-ethyl adjacent to an activating group) is 1. The highest BCUT2D eigenvalue weighted by molar-refractivity contribution is 5.70. The lowest BCUT2D eigenvalue weighted by Crippen LogP contribution is -2.44. The van der Waals surface area contributed by atoms with Crippen LogP contribution in [0.15, 0.2) is 48.6 Å². The summed E-state index contributed by atoms with van der Waals surface area (Å²) in [6.07, 6.45) is 80.9. The van der Waals surface area contributed by atoms with E-state index in [2.05, 4.69) is 62.5 Å². The number of carbonyl (C=O) groups is 3. The van der Waals surface area contributed by atoms with Crippen LogP contribution in [0.3, 0.4) is 0 Å². The standard InChI is InChI=1S/C74H137NO8/c1-6-8-10-12-14-16-18-20-22-24-26-27-28-29-30-31-32-33-34-35-36-37-38-39-40-41-42-43-44-45-47-48-50-52-54-56-58-60-62-64-71(76)81-68-70(69-82-74(73(78)79)80-67-66-75(3,4)5)83-72(77)65-63-61-59-57-55-53-51-49-46-25-23-21-19-17-15-13-11-9-7-2/h9,11,15,17,21,23,46,49,70,74H,6-8,10,12-14,16,18-20,22,24-45,47-48,50-69H2,1-5H3/b11-9-,17-15-,23-21-,49-46-. The van der Waals surface area contributed by atoms with Crippen molar-refractivity contribution in [2.45, 2.75) is 360 Å². The van der Waals surface area contributed by atoms with E-state index in [0.29, 0.717) is 23.9 Å². The fourth-order valence-electron chi connectivity index (χ4n) is 10.7. The van der Waals surface area contributed by atoms with Crippen LogP contribution in [0.5, 0.6) is 0 Å². The minimum atomic E-state index is -1.63. The normalized spacial score (nSPS) is 12.9. The van der Waals surface area contributed by atoms with Crippen molar-refractivity contribution in [3.8, 4) is 0 Å². The number of hydrogen-bond donors (Lipinski definition) is 0. The predicted molar refractivity (Wildman–Crippen MR) is 352 cm³/mol. The van der Waals surface area contributed by atoms with Gasteiger partial charge in [-0.15, -0.1) is 0 Å². The quantitative estimate of drug-likeness (QED) is 0.0195. The number of carbonyl (C=O) groups excluding carboxylic acids is 3. The van der Waals surface area contributed by atoms with Crippen molar-refractivity contribution < 1.29 is 42.9 Å². The number of aliphatic carboxylic acids is 1. The van der Waals surface area contributed by atoms with Crippen LogP contribution in [-0.2, 0) is 33.3 Å². The van der Waals surface area contributed by atoms with E-state index in [-0.39, 0.29) is 32.2 Å². The molecule has 0 aliphatic rings. The second-order valence-corrected chi connectivity index (χ2v) is 25.5. The van der Waals surface area contributed by atoms with Crippen molar-refractivity contribution in [2.75, 3.05) is 47.5 Å². The molecule has 0 aliphatic heterocycles. The molecule has 486 valence electrons. The highest BCUT2D eigenvalue weighted by atomic mass is 16.7. The summed E-state index contributed by atoms with van der Waals surface area (Å²) in [7, 11) is 5.93. The summed E-state index contributed by atoms with van der Waals surface area (Å²) in [6, 6.07) is 0. The molecule has 9 nitrogen and oxygen atoms in total. The zero-order valence-electron chi connectivity index (χ0n) is 55.6. The number of carboxylic acid groups (broad SMARTS) is 1. The highest BCUT2D eigenvalue weighted by Crippen LogP contribution is 2.19. The van der Waals surface area contributed by atoms with Gasteiger partial charge in [-0.3, -0.25) is 9.59 Å². The van der Waals surface area contributed by atoms with Gasteiger partial charge in [0.15, 0.2) is 12.4 Å². The Morgan fingerprint density at radius 1 is 0.373 bits per heavy atom. The van der Waals surface area contributed by atoms with Gasteiger partial charge < -0.3 is 33.3 Å². The second kappa shape index (κ2) is 65.2. The van der Waals surface area contributed by atoms with E-state index < -0.39 is 24.3 Å². The number of carboxylic acids is 1. The van der Waals surface area contributed by atoms with E-state index >= 15 is 0 Å². The van der Waals surface area contributed by atoms with Gasteiger partial charge in [0.05, 0.1) is 40.3 Å². The van der Waals surface area contributed by atoms with Gasteiger partial charge in [-0.2, -0.15) is 0 Å². The van der Waals surface area contributed by atoms with Crippen molar-refractivity contribution >= 4 is 17.9 Å². The minimum absolute atomic E-state index is 0.145. The van der Waals surface area contributed by atoms with Gasteiger partial charge in [0.1, 0.15) is 13.2 Å². The predicted octanol–water partition coefficient (Wildman–Crippen LogP) is 20.8. The first-order chi connectivity index (χ1) is 40.6. The molecule has 0 fully saturated rings. The Kier molecular flexibility index (Phi) is 63.1. The van der Waals surface area contributed by atoms with E-state index in [1.165, 1.54) is 231 Å². The number of esters is 2. The largest absolute Gasteiger partial charge is 0.545 e. The lowest BCUT2D eigenvalue weighted by atomic mass is 10.0. The first-order valence-corrected chi connectivity index (χ1v) is 35.8. The Morgan fingerprint density at radius 2 is 0.687 bits per heavy atom. The van der Waals surface area contributed by atoms with Crippen LogP contribution < -0.4 is 5.11 Å².